The summed E-state index contributed by atoms with van der Waals surface area (Å²) in [5.74, 6) is 1.25. The smallest absolute Gasteiger partial charge is 0.319 e. The number of carbonyl (C=O) groups excluding carboxylic acids is 1. The van der Waals surface area contributed by atoms with E-state index in [9.17, 15) is 9.90 Å². The number of aryl methyl sites for hydroxylation is 1. The third kappa shape index (κ3) is 5.43. The zero-order valence-electron chi connectivity index (χ0n) is 17.3. The molecule has 3 N–H and O–H groups in total. The van der Waals surface area contributed by atoms with E-state index in [1.165, 1.54) is 0 Å². The van der Waals surface area contributed by atoms with Crippen LogP contribution in [-0.2, 0) is 22.6 Å². The van der Waals surface area contributed by atoms with Crippen molar-refractivity contribution in [2.75, 3.05) is 25.8 Å². The number of amides is 2. The summed E-state index contributed by atoms with van der Waals surface area (Å²) in [4.78, 5) is 12.4. The largest absolute Gasteiger partial charge is 0.454 e. The van der Waals surface area contributed by atoms with Crippen molar-refractivity contribution in [1.82, 2.24) is 20.3 Å². The van der Waals surface area contributed by atoms with Crippen LogP contribution < -0.4 is 20.1 Å². The maximum Gasteiger partial charge on any atom is 0.319 e. The maximum atomic E-state index is 12.4. The number of methoxy groups -OCH3 is 1. The molecular formula is C20H27N5O6. The summed E-state index contributed by atoms with van der Waals surface area (Å²) in [5, 5.41) is 23.6. The Labute approximate surface area is 179 Å². The molecule has 0 unspecified atom stereocenters. The topological polar surface area (TPSA) is 129 Å². The molecule has 4 rings (SSSR count). The van der Waals surface area contributed by atoms with Crippen molar-refractivity contribution < 1.29 is 28.8 Å². The maximum absolute atomic E-state index is 12.4. The van der Waals surface area contributed by atoms with Crippen LogP contribution in [-0.4, -0.2) is 64.9 Å². The molecule has 2 amide bonds. The van der Waals surface area contributed by atoms with Crippen LogP contribution in [0.2, 0.25) is 0 Å². The van der Waals surface area contributed by atoms with Crippen molar-refractivity contribution >= 4 is 11.7 Å². The average molecular weight is 433 g/mol. The van der Waals surface area contributed by atoms with Crippen LogP contribution in [0.15, 0.2) is 24.4 Å². The number of aliphatic hydroxyl groups is 1. The summed E-state index contributed by atoms with van der Waals surface area (Å²) in [6.07, 6.45) is 3.56. The van der Waals surface area contributed by atoms with Gasteiger partial charge in [-0.15, -0.1) is 5.10 Å². The van der Waals surface area contributed by atoms with Crippen LogP contribution in [0, 0.1) is 0 Å². The Bertz CT molecular complexity index is 891. The molecule has 1 aromatic heterocycles. The summed E-state index contributed by atoms with van der Waals surface area (Å²) in [6.45, 7) is 1.08. The molecule has 0 radical (unpaired) electrons. The average Bonchev–Trinajstić information content (AvgIpc) is 3.42. The lowest BCUT2D eigenvalue weighted by molar-refractivity contribution is -0.0905. The van der Waals surface area contributed by atoms with Gasteiger partial charge in [0.2, 0.25) is 6.79 Å². The van der Waals surface area contributed by atoms with E-state index in [1.807, 2.05) is 6.20 Å². The fourth-order valence-corrected chi connectivity index (χ4v) is 3.76. The first kappa shape index (κ1) is 21.3. The number of anilines is 1. The number of carbonyl (C=O) groups is 1. The van der Waals surface area contributed by atoms with Gasteiger partial charge in [0.25, 0.3) is 0 Å². The summed E-state index contributed by atoms with van der Waals surface area (Å²) >= 11 is 0. The number of rotatable bonds is 8. The van der Waals surface area contributed by atoms with Gasteiger partial charge in [-0.05, 0) is 31.4 Å². The van der Waals surface area contributed by atoms with Gasteiger partial charge in [0.15, 0.2) is 11.5 Å². The first-order valence-electron chi connectivity index (χ1n) is 10.3. The molecule has 2 aliphatic rings. The molecule has 11 heteroatoms. The van der Waals surface area contributed by atoms with E-state index in [2.05, 4.69) is 20.9 Å². The van der Waals surface area contributed by atoms with Gasteiger partial charge in [0.05, 0.1) is 31.6 Å². The van der Waals surface area contributed by atoms with Crippen LogP contribution in [0.25, 0.3) is 0 Å². The molecule has 1 fully saturated rings. The fraction of sp³-hybridized carbons (Fsp3) is 0.550. The molecule has 3 heterocycles. The zero-order chi connectivity index (χ0) is 21.6. The van der Waals surface area contributed by atoms with Gasteiger partial charge in [-0.1, -0.05) is 5.21 Å². The minimum Gasteiger partial charge on any atom is -0.454 e. The number of nitrogens with one attached hydrogen (secondary N) is 2. The van der Waals surface area contributed by atoms with Crippen LogP contribution in [0.4, 0.5) is 10.5 Å². The fourth-order valence-electron chi connectivity index (χ4n) is 3.76. The Morgan fingerprint density at radius 1 is 1.32 bits per heavy atom. The number of benzene rings is 1. The van der Waals surface area contributed by atoms with Gasteiger partial charge < -0.3 is 34.7 Å². The molecule has 3 atom stereocenters. The standard InChI is InChI=1S/C20H27N5O6/c1-28-11-14-9-25(24-23-14)7-6-15-3-4-16(19(10-26)31-15)22-20(27)21-13-2-5-17-18(8-13)30-12-29-17/h2,5,8-9,15-16,19,26H,3-4,6-7,10-12H2,1H3,(H2,21,22,27)/t15-,16-,19-/m1/s1. The predicted molar refractivity (Wildman–Crippen MR) is 109 cm³/mol. The Kier molecular flexibility index (Phi) is 6.85. The monoisotopic (exact) mass is 433 g/mol. The number of aromatic nitrogens is 3. The summed E-state index contributed by atoms with van der Waals surface area (Å²) < 4.78 is 23.4. The second-order valence-electron chi connectivity index (χ2n) is 7.52. The van der Waals surface area contributed by atoms with Gasteiger partial charge in [0.1, 0.15) is 11.8 Å². The van der Waals surface area contributed by atoms with E-state index in [0.717, 1.165) is 18.5 Å². The summed E-state index contributed by atoms with van der Waals surface area (Å²) in [7, 11) is 1.61. The third-order valence-corrected chi connectivity index (χ3v) is 5.30. The number of nitrogens with zero attached hydrogens (tertiary/aromatic N) is 3. The van der Waals surface area contributed by atoms with Crippen molar-refractivity contribution in [2.24, 2.45) is 0 Å². The van der Waals surface area contributed by atoms with E-state index < -0.39 is 6.10 Å². The van der Waals surface area contributed by atoms with Crippen molar-refractivity contribution in [3.63, 3.8) is 0 Å². The SMILES string of the molecule is COCc1cn(CC[C@H]2CC[C@@H](NC(=O)Nc3ccc4c(c3)OCO4)[C@@H](CO)O2)nn1. The number of aliphatic hydroxyl groups excluding tert-OH is 1. The Hall–Kier alpha value is -2.89. The Morgan fingerprint density at radius 2 is 2.19 bits per heavy atom. The molecule has 31 heavy (non-hydrogen) atoms. The van der Waals surface area contributed by atoms with Gasteiger partial charge in [-0.25, -0.2) is 4.79 Å². The van der Waals surface area contributed by atoms with Crippen LogP contribution in [0.1, 0.15) is 25.0 Å². The zero-order valence-corrected chi connectivity index (χ0v) is 17.3. The minimum atomic E-state index is -0.471. The highest BCUT2D eigenvalue weighted by molar-refractivity contribution is 5.90. The predicted octanol–water partition coefficient (Wildman–Crippen LogP) is 1.27. The highest BCUT2D eigenvalue weighted by Gasteiger charge is 2.32. The number of hydrogen-bond acceptors (Lipinski definition) is 8. The first-order valence-corrected chi connectivity index (χ1v) is 10.3. The molecule has 0 saturated carbocycles. The molecule has 11 nitrogen and oxygen atoms in total. The van der Waals surface area contributed by atoms with E-state index in [4.69, 9.17) is 18.9 Å². The highest BCUT2D eigenvalue weighted by atomic mass is 16.7. The number of urea groups is 1. The molecule has 168 valence electrons. The highest BCUT2D eigenvalue weighted by Crippen LogP contribution is 2.34. The Balaban J connectivity index is 1.24. The number of fused-ring (bicyclic) bond motifs is 1. The lowest BCUT2D eigenvalue weighted by Gasteiger charge is -2.36. The van der Waals surface area contributed by atoms with Crippen LogP contribution >= 0.6 is 0 Å². The Morgan fingerprint density at radius 3 is 3.03 bits per heavy atom. The number of ether oxygens (including phenoxy) is 4. The minimum absolute atomic E-state index is 0.0257. The second kappa shape index (κ2) is 9.94. The van der Waals surface area contributed by atoms with E-state index in [-0.39, 0.29) is 31.6 Å². The molecule has 0 spiro atoms. The molecule has 2 aromatic rings. The molecule has 0 bridgehead atoms. The normalized spacial score (nSPS) is 22.3. The number of hydrogen-bond donors (Lipinski definition) is 3. The van der Waals surface area contributed by atoms with Gasteiger partial charge in [0, 0.05) is 25.4 Å². The second-order valence-corrected chi connectivity index (χ2v) is 7.52. The van der Waals surface area contributed by atoms with Crippen molar-refractivity contribution in [3.8, 4) is 11.5 Å². The third-order valence-electron chi connectivity index (χ3n) is 5.30. The quantitative estimate of drug-likeness (QED) is 0.568. The van der Waals surface area contributed by atoms with E-state index in [0.29, 0.717) is 36.8 Å². The molecule has 2 aliphatic heterocycles. The van der Waals surface area contributed by atoms with Crippen molar-refractivity contribution in [1.29, 1.82) is 0 Å². The van der Waals surface area contributed by atoms with E-state index >= 15 is 0 Å². The van der Waals surface area contributed by atoms with Gasteiger partial charge in [-0.2, -0.15) is 0 Å². The first-order chi connectivity index (χ1) is 15.1. The summed E-state index contributed by atoms with van der Waals surface area (Å²) in [5.41, 5.74) is 1.37. The van der Waals surface area contributed by atoms with E-state index in [1.54, 1.807) is 30.0 Å². The molecule has 1 aromatic carbocycles. The molecular weight excluding hydrogens is 406 g/mol. The van der Waals surface area contributed by atoms with Crippen molar-refractivity contribution in [2.45, 2.75) is 50.7 Å². The van der Waals surface area contributed by atoms with Crippen LogP contribution in [0.3, 0.4) is 0 Å². The lowest BCUT2D eigenvalue weighted by Crippen LogP contribution is -2.52. The molecule has 1 saturated heterocycles. The van der Waals surface area contributed by atoms with Gasteiger partial charge >= 0.3 is 6.03 Å². The van der Waals surface area contributed by atoms with Crippen LogP contribution in [0.5, 0.6) is 11.5 Å². The molecule has 0 aliphatic carbocycles. The van der Waals surface area contributed by atoms with Crippen molar-refractivity contribution in [3.05, 3.63) is 30.1 Å². The summed E-state index contributed by atoms with van der Waals surface area (Å²) in [6, 6.07) is 4.55. The van der Waals surface area contributed by atoms with Gasteiger partial charge in [-0.3, -0.25) is 4.68 Å². The lowest BCUT2D eigenvalue weighted by atomic mass is 9.97.